The first-order chi connectivity index (χ1) is 25.3. The van der Waals surface area contributed by atoms with Crippen LogP contribution in [0.5, 0.6) is 11.5 Å². The predicted octanol–water partition coefficient (Wildman–Crippen LogP) is 9.76. The largest absolute Gasteiger partial charge is 0.490 e. The summed E-state index contributed by atoms with van der Waals surface area (Å²) in [5.74, 6) is 2.70. The van der Waals surface area contributed by atoms with Crippen molar-refractivity contribution in [1.29, 1.82) is 0 Å². The Bertz CT molecular complexity index is 1520. The van der Waals surface area contributed by atoms with Gasteiger partial charge < -0.3 is 20.1 Å². The maximum atomic E-state index is 12.5. The summed E-state index contributed by atoms with van der Waals surface area (Å²) in [4.78, 5) is 33.0. The molecular weight excluding hydrogens is 695 g/mol. The van der Waals surface area contributed by atoms with Crippen molar-refractivity contribution in [3.8, 4) is 11.5 Å². The number of aromatic nitrogens is 2. The highest BCUT2D eigenvalue weighted by Gasteiger charge is 2.30. The molecule has 0 radical (unpaired) electrons. The maximum Gasteiger partial charge on any atom is 0.251 e. The van der Waals surface area contributed by atoms with Crippen molar-refractivity contribution in [3.05, 3.63) is 119 Å². The third kappa shape index (κ3) is 12.0. The second-order valence-electron chi connectivity index (χ2n) is 13.7. The summed E-state index contributed by atoms with van der Waals surface area (Å²) in [6, 6.07) is 22.0. The molecule has 0 unspecified atom stereocenters. The van der Waals surface area contributed by atoms with Crippen LogP contribution >= 0.6 is 23.2 Å². The second kappa shape index (κ2) is 20.2. The molecule has 2 heterocycles. The molecule has 2 aliphatic rings. The molecule has 52 heavy (non-hydrogen) atoms. The van der Waals surface area contributed by atoms with E-state index in [4.69, 9.17) is 32.7 Å². The van der Waals surface area contributed by atoms with Gasteiger partial charge in [-0.2, -0.15) is 0 Å². The second-order valence-corrected chi connectivity index (χ2v) is 14.5. The zero-order valence-electron chi connectivity index (χ0n) is 30.1. The Morgan fingerprint density at radius 1 is 0.577 bits per heavy atom. The van der Waals surface area contributed by atoms with Crippen molar-refractivity contribution in [1.82, 2.24) is 20.6 Å². The van der Waals surface area contributed by atoms with Gasteiger partial charge in [0, 0.05) is 58.0 Å². The van der Waals surface area contributed by atoms with Crippen molar-refractivity contribution in [3.63, 3.8) is 0 Å². The molecule has 4 aromatic rings. The minimum absolute atomic E-state index is 0.0244. The first-order valence-corrected chi connectivity index (χ1v) is 19.3. The molecule has 2 aromatic heterocycles. The monoisotopic (exact) mass is 744 g/mol. The fourth-order valence-corrected chi connectivity index (χ4v) is 7.50. The number of halogens is 2. The topological polar surface area (TPSA) is 102 Å². The Balaban J connectivity index is 0.000000201. The normalized spacial score (nSPS) is 21.0. The van der Waals surface area contributed by atoms with Crippen LogP contribution in [0.2, 0.25) is 10.0 Å². The molecule has 2 aliphatic carbocycles. The number of hydrogen-bond donors (Lipinski definition) is 2. The lowest BCUT2D eigenvalue weighted by molar-refractivity contribution is 0.0861. The summed E-state index contributed by atoms with van der Waals surface area (Å²) < 4.78 is 12.1. The Kier molecular flexibility index (Phi) is 15.2. The molecule has 2 aromatic carbocycles. The molecule has 6 rings (SSSR count). The van der Waals surface area contributed by atoms with E-state index in [1.165, 1.54) is 0 Å². The Hall–Kier alpha value is -4.14. The van der Waals surface area contributed by atoms with Gasteiger partial charge in [0.1, 0.15) is 11.5 Å². The summed E-state index contributed by atoms with van der Waals surface area (Å²) in [7, 11) is 0. The molecule has 276 valence electrons. The summed E-state index contributed by atoms with van der Waals surface area (Å²) in [6.45, 7) is 4.26. The standard InChI is InChI=1S/2C21H25ClN2O2/c2*1-2-20(24-21(25)16-3-7-17(22)8-4-16)15-5-9-18(10-6-15)26-19-11-13-23-14-12-19/h2*3-4,7-8,11-15,18,20H,2,5-6,9-10H2,1H3,(H,24,25)/t2*15?,18?,20-/m10/s1. The van der Waals surface area contributed by atoms with Crippen LogP contribution in [0.1, 0.15) is 98.8 Å². The number of nitrogens with one attached hydrogen (secondary N) is 2. The van der Waals surface area contributed by atoms with Gasteiger partial charge in [0.25, 0.3) is 11.8 Å². The lowest BCUT2D eigenvalue weighted by Crippen LogP contribution is -2.42. The van der Waals surface area contributed by atoms with E-state index in [2.05, 4.69) is 34.4 Å². The van der Waals surface area contributed by atoms with Crippen LogP contribution in [-0.2, 0) is 0 Å². The lowest BCUT2D eigenvalue weighted by atomic mass is 9.81. The van der Waals surface area contributed by atoms with Gasteiger partial charge in [0.05, 0.1) is 12.2 Å². The van der Waals surface area contributed by atoms with E-state index in [-0.39, 0.29) is 36.1 Å². The molecule has 8 nitrogen and oxygen atoms in total. The lowest BCUT2D eigenvalue weighted by Gasteiger charge is -2.34. The fraction of sp³-hybridized carbons (Fsp3) is 0.429. The highest BCUT2D eigenvalue weighted by molar-refractivity contribution is 6.31. The van der Waals surface area contributed by atoms with Crippen LogP contribution in [0.3, 0.4) is 0 Å². The van der Waals surface area contributed by atoms with E-state index < -0.39 is 0 Å². The van der Waals surface area contributed by atoms with Crippen LogP contribution in [0.25, 0.3) is 0 Å². The summed E-state index contributed by atoms with van der Waals surface area (Å²) in [5, 5.41) is 7.69. The van der Waals surface area contributed by atoms with Gasteiger partial charge in [-0.05, 0) is 149 Å². The van der Waals surface area contributed by atoms with Crippen LogP contribution in [0.15, 0.2) is 97.6 Å². The van der Waals surface area contributed by atoms with Gasteiger partial charge in [0.2, 0.25) is 0 Å². The molecule has 0 aliphatic heterocycles. The highest BCUT2D eigenvalue weighted by Crippen LogP contribution is 2.32. The Morgan fingerprint density at radius 3 is 1.21 bits per heavy atom. The van der Waals surface area contributed by atoms with Crippen LogP contribution in [-0.4, -0.2) is 46.1 Å². The fourth-order valence-electron chi connectivity index (χ4n) is 7.25. The molecule has 10 heteroatoms. The minimum Gasteiger partial charge on any atom is -0.490 e. The molecule has 2 amide bonds. The first-order valence-electron chi connectivity index (χ1n) is 18.6. The minimum atomic E-state index is -0.0244. The number of carbonyl (C=O) groups excluding carboxylic acids is 2. The van der Waals surface area contributed by atoms with Gasteiger partial charge in [-0.3, -0.25) is 19.6 Å². The molecular formula is C42H50Cl2N4O4. The Labute approximate surface area is 318 Å². The molecule has 0 spiro atoms. The summed E-state index contributed by atoms with van der Waals surface area (Å²) in [6.07, 6.45) is 17.7. The van der Waals surface area contributed by atoms with E-state index in [1.807, 2.05) is 24.3 Å². The number of nitrogens with zero attached hydrogens (tertiary/aromatic N) is 2. The average Bonchev–Trinajstić information content (AvgIpc) is 3.18. The van der Waals surface area contributed by atoms with E-state index in [0.29, 0.717) is 33.0 Å². The molecule has 0 saturated heterocycles. The number of pyridine rings is 2. The van der Waals surface area contributed by atoms with Crippen molar-refractivity contribution in [2.24, 2.45) is 11.8 Å². The summed E-state index contributed by atoms with van der Waals surface area (Å²) in [5.41, 5.74) is 1.31. The molecule has 2 N–H and O–H groups in total. The molecule has 2 atom stereocenters. The third-order valence-electron chi connectivity index (χ3n) is 10.2. The maximum absolute atomic E-state index is 12.5. The van der Waals surface area contributed by atoms with Gasteiger partial charge in [0.15, 0.2) is 0 Å². The quantitative estimate of drug-likeness (QED) is 0.150. The highest BCUT2D eigenvalue weighted by atomic mass is 35.5. The van der Waals surface area contributed by atoms with Gasteiger partial charge in [-0.1, -0.05) is 37.0 Å². The van der Waals surface area contributed by atoms with Crippen LogP contribution < -0.4 is 20.1 Å². The number of ether oxygens (including phenoxy) is 2. The van der Waals surface area contributed by atoms with E-state index in [0.717, 1.165) is 75.7 Å². The van der Waals surface area contributed by atoms with Crippen molar-refractivity contribution >= 4 is 35.0 Å². The number of carbonyl (C=O) groups is 2. The van der Waals surface area contributed by atoms with E-state index in [1.54, 1.807) is 73.3 Å². The van der Waals surface area contributed by atoms with Crippen LogP contribution in [0.4, 0.5) is 0 Å². The zero-order valence-corrected chi connectivity index (χ0v) is 31.6. The Morgan fingerprint density at radius 2 is 0.904 bits per heavy atom. The summed E-state index contributed by atoms with van der Waals surface area (Å²) >= 11 is 11.8. The zero-order chi connectivity index (χ0) is 36.7. The van der Waals surface area contributed by atoms with Gasteiger partial charge >= 0.3 is 0 Å². The smallest absolute Gasteiger partial charge is 0.251 e. The average molecular weight is 746 g/mol. The van der Waals surface area contributed by atoms with Crippen LogP contribution in [0, 0.1) is 11.8 Å². The third-order valence-corrected chi connectivity index (χ3v) is 10.7. The van der Waals surface area contributed by atoms with Gasteiger partial charge in [-0.15, -0.1) is 0 Å². The first kappa shape index (κ1) is 39.1. The van der Waals surface area contributed by atoms with E-state index >= 15 is 0 Å². The van der Waals surface area contributed by atoms with E-state index in [9.17, 15) is 9.59 Å². The molecule has 0 bridgehead atoms. The molecule has 2 fully saturated rings. The van der Waals surface area contributed by atoms with Crippen molar-refractivity contribution < 1.29 is 19.1 Å². The number of benzene rings is 2. The predicted molar refractivity (Wildman–Crippen MR) is 207 cm³/mol. The van der Waals surface area contributed by atoms with Crippen molar-refractivity contribution in [2.75, 3.05) is 0 Å². The number of hydrogen-bond acceptors (Lipinski definition) is 6. The van der Waals surface area contributed by atoms with Crippen molar-refractivity contribution in [2.45, 2.75) is 102 Å². The number of rotatable bonds is 12. The van der Waals surface area contributed by atoms with Gasteiger partial charge in [-0.25, -0.2) is 0 Å². The molecule has 2 saturated carbocycles. The SMILES string of the molecule is CC[C@@H](NC(=O)c1ccc(Cl)cc1)C1CCC(Oc2ccncc2)CC1.CC[C@H](NC(=O)c1ccc(Cl)cc1)C1CCC(Oc2ccncc2)CC1. The number of amides is 2.